The summed E-state index contributed by atoms with van der Waals surface area (Å²) in [5, 5.41) is 14.8. The molecule has 3 rings (SSSR count). The van der Waals surface area contributed by atoms with E-state index in [2.05, 4.69) is 10.3 Å². The first-order valence-corrected chi connectivity index (χ1v) is 6.38. The van der Waals surface area contributed by atoms with Crippen molar-refractivity contribution in [3.63, 3.8) is 0 Å². The number of nitro groups is 1. The van der Waals surface area contributed by atoms with E-state index in [1.807, 2.05) is 30.5 Å². The number of para-hydroxylation sites is 2. The topological polar surface area (TPSA) is 71.0 Å². The van der Waals surface area contributed by atoms with Gasteiger partial charge in [0.05, 0.1) is 10.4 Å². The lowest BCUT2D eigenvalue weighted by Crippen LogP contribution is -2.05. The van der Waals surface area contributed by atoms with Gasteiger partial charge in [0, 0.05) is 18.8 Å². The minimum Gasteiger partial charge on any atom is -0.373 e. The quantitative estimate of drug-likeness (QED) is 0.565. The average molecular weight is 285 g/mol. The second-order valence-corrected chi connectivity index (χ2v) is 4.60. The predicted octanol–water partition coefficient (Wildman–Crippen LogP) is 3.83. The van der Waals surface area contributed by atoms with E-state index in [0.29, 0.717) is 6.54 Å². The zero-order valence-corrected chi connectivity index (χ0v) is 11.0. The van der Waals surface area contributed by atoms with Crippen LogP contribution in [0.1, 0.15) is 5.56 Å². The van der Waals surface area contributed by atoms with Gasteiger partial charge in [0.1, 0.15) is 5.69 Å². The molecule has 0 aliphatic carbocycles. The van der Waals surface area contributed by atoms with Crippen LogP contribution in [-0.4, -0.2) is 9.91 Å². The summed E-state index contributed by atoms with van der Waals surface area (Å²) in [5.74, 6) is -0.636. The molecule has 0 unspecified atom stereocenters. The number of hydrogen-bond donors (Lipinski definition) is 2. The molecule has 0 radical (unpaired) electrons. The maximum atomic E-state index is 13.8. The Balaban J connectivity index is 1.92. The van der Waals surface area contributed by atoms with Crippen molar-refractivity contribution in [2.24, 2.45) is 0 Å². The molecular formula is C15H12FN3O2. The summed E-state index contributed by atoms with van der Waals surface area (Å²) in [4.78, 5) is 13.5. The molecule has 1 heterocycles. The van der Waals surface area contributed by atoms with Crippen LogP contribution in [-0.2, 0) is 6.54 Å². The Morgan fingerprint density at radius 1 is 1.19 bits per heavy atom. The van der Waals surface area contributed by atoms with Crippen molar-refractivity contribution in [3.05, 3.63) is 70.2 Å². The van der Waals surface area contributed by atoms with Crippen LogP contribution in [0.3, 0.4) is 0 Å². The van der Waals surface area contributed by atoms with Gasteiger partial charge in [-0.15, -0.1) is 0 Å². The predicted molar refractivity (Wildman–Crippen MR) is 78.7 cm³/mol. The van der Waals surface area contributed by atoms with Crippen molar-refractivity contribution >= 4 is 22.3 Å². The third-order valence-corrected chi connectivity index (χ3v) is 3.32. The van der Waals surface area contributed by atoms with Crippen molar-refractivity contribution < 1.29 is 9.31 Å². The first-order chi connectivity index (χ1) is 10.2. The summed E-state index contributed by atoms with van der Waals surface area (Å²) in [6.45, 7) is 0.291. The monoisotopic (exact) mass is 285 g/mol. The van der Waals surface area contributed by atoms with Crippen molar-refractivity contribution in [1.82, 2.24) is 4.98 Å². The number of halogens is 1. The average Bonchev–Trinajstić information content (AvgIpc) is 2.94. The molecule has 0 aliphatic heterocycles. The Hall–Kier alpha value is -2.89. The number of anilines is 1. The van der Waals surface area contributed by atoms with Crippen LogP contribution in [0.25, 0.3) is 10.9 Å². The van der Waals surface area contributed by atoms with Crippen LogP contribution in [0, 0.1) is 15.9 Å². The normalized spacial score (nSPS) is 10.7. The third-order valence-electron chi connectivity index (χ3n) is 3.32. The second-order valence-electron chi connectivity index (χ2n) is 4.60. The van der Waals surface area contributed by atoms with Crippen LogP contribution in [0.2, 0.25) is 0 Å². The molecule has 6 heteroatoms. The van der Waals surface area contributed by atoms with E-state index < -0.39 is 10.7 Å². The maximum absolute atomic E-state index is 13.8. The smallest absolute Gasteiger partial charge is 0.295 e. The fraction of sp³-hybridized carbons (Fsp3) is 0.0667. The highest BCUT2D eigenvalue weighted by molar-refractivity contribution is 5.82. The lowest BCUT2D eigenvalue weighted by Gasteiger charge is -2.09. The number of aromatic nitrogens is 1. The van der Waals surface area contributed by atoms with Gasteiger partial charge in [0.2, 0.25) is 0 Å². The molecule has 2 aromatic carbocycles. The Labute approximate surface area is 119 Å². The fourth-order valence-corrected chi connectivity index (χ4v) is 2.32. The van der Waals surface area contributed by atoms with E-state index in [-0.39, 0.29) is 11.4 Å². The first-order valence-electron chi connectivity index (χ1n) is 6.38. The lowest BCUT2D eigenvalue weighted by atomic mass is 10.1. The maximum Gasteiger partial charge on any atom is 0.295 e. The van der Waals surface area contributed by atoms with Gasteiger partial charge < -0.3 is 10.3 Å². The van der Waals surface area contributed by atoms with E-state index in [0.717, 1.165) is 16.5 Å². The molecule has 2 N–H and O–H groups in total. The van der Waals surface area contributed by atoms with Crippen LogP contribution < -0.4 is 5.32 Å². The number of nitrogens with one attached hydrogen (secondary N) is 2. The zero-order chi connectivity index (χ0) is 14.8. The molecule has 106 valence electrons. The SMILES string of the molecule is O=[N+]([O-])c1cccc(F)c1NCc1cccc2cc[nH]c12. The van der Waals surface area contributed by atoms with Crippen LogP contribution in [0.15, 0.2) is 48.7 Å². The van der Waals surface area contributed by atoms with Gasteiger partial charge in [0.25, 0.3) is 5.69 Å². The molecule has 5 nitrogen and oxygen atoms in total. The molecule has 0 saturated heterocycles. The van der Waals surface area contributed by atoms with Gasteiger partial charge in [0.15, 0.2) is 5.82 Å². The summed E-state index contributed by atoms with van der Waals surface area (Å²) in [6, 6.07) is 11.5. The number of aromatic amines is 1. The Morgan fingerprint density at radius 3 is 2.81 bits per heavy atom. The van der Waals surface area contributed by atoms with E-state index in [9.17, 15) is 14.5 Å². The van der Waals surface area contributed by atoms with Gasteiger partial charge in [-0.2, -0.15) is 0 Å². The summed E-state index contributed by atoms with van der Waals surface area (Å²) >= 11 is 0. The molecule has 0 amide bonds. The molecule has 0 atom stereocenters. The molecule has 0 fully saturated rings. The number of benzene rings is 2. The van der Waals surface area contributed by atoms with Crippen molar-refractivity contribution in [3.8, 4) is 0 Å². The number of H-pyrrole nitrogens is 1. The fourth-order valence-electron chi connectivity index (χ4n) is 2.32. The summed E-state index contributed by atoms with van der Waals surface area (Å²) in [7, 11) is 0. The van der Waals surface area contributed by atoms with E-state index in [1.54, 1.807) is 0 Å². The molecule has 0 bridgehead atoms. The van der Waals surface area contributed by atoms with Gasteiger partial charge >= 0.3 is 0 Å². The molecule has 0 spiro atoms. The second kappa shape index (κ2) is 5.24. The Kier molecular flexibility index (Phi) is 3.27. The van der Waals surface area contributed by atoms with E-state index in [1.165, 1.54) is 18.2 Å². The number of nitro benzene ring substituents is 1. The van der Waals surface area contributed by atoms with Gasteiger partial charge in [-0.05, 0) is 23.1 Å². The zero-order valence-electron chi connectivity index (χ0n) is 11.0. The van der Waals surface area contributed by atoms with E-state index in [4.69, 9.17) is 0 Å². The van der Waals surface area contributed by atoms with Crippen molar-refractivity contribution in [2.75, 3.05) is 5.32 Å². The Morgan fingerprint density at radius 2 is 2.00 bits per heavy atom. The van der Waals surface area contributed by atoms with Crippen LogP contribution in [0.5, 0.6) is 0 Å². The first kappa shape index (κ1) is 13.1. The molecule has 21 heavy (non-hydrogen) atoms. The number of rotatable bonds is 4. The highest BCUT2D eigenvalue weighted by Gasteiger charge is 2.17. The van der Waals surface area contributed by atoms with E-state index >= 15 is 0 Å². The number of nitrogens with zero attached hydrogens (tertiary/aromatic N) is 1. The lowest BCUT2D eigenvalue weighted by molar-refractivity contribution is -0.384. The Bertz CT molecular complexity index is 814. The standard InChI is InChI=1S/C15H12FN3O2/c16-12-5-2-6-13(19(20)21)15(12)18-9-11-4-1-3-10-7-8-17-14(10)11/h1-8,17-18H,9H2. The highest BCUT2D eigenvalue weighted by Crippen LogP contribution is 2.28. The molecule has 0 aliphatic rings. The summed E-state index contributed by atoms with van der Waals surface area (Å²) < 4.78 is 13.8. The highest BCUT2D eigenvalue weighted by atomic mass is 19.1. The van der Waals surface area contributed by atoms with Crippen LogP contribution in [0.4, 0.5) is 15.8 Å². The number of fused-ring (bicyclic) bond motifs is 1. The largest absolute Gasteiger partial charge is 0.373 e. The van der Waals surface area contributed by atoms with Gasteiger partial charge in [-0.1, -0.05) is 24.3 Å². The third kappa shape index (κ3) is 2.43. The summed E-state index contributed by atoms with van der Waals surface area (Å²) in [6.07, 6.45) is 1.82. The minimum atomic E-state index is -0.636. The molecular weight excluding hydrogens is 273 g/mol. The molecule has 0 saturated carbocycles. The van der Waals surface area contributed by atoms with Crippen molar-refractivity contribution in [2.45, 2.75) is 6.54 Å². The summed E-state index contributed by atoms with van der Waals surface area (Å²) in [5.41, 5.74) is 1.48. The van der Waals surface area contributed by atoms with Gasteiger partial charge in [-0.25, -0.2) is 4.39 Å². The minimum absolute atomic E-state index is 0.0916. The van der Waals surface area contributed by atoms with Gasteiger partial charge in [-0.3, -0.25) is 10.1 Å². The van der Waals surface area contributed by atoms with Crippen LogP contribution >= 0.6 is 0 Å². The molecule has 3 aromatic rings. The van der Waals surface area contributed by atoms with Crippen molar-refractivity contribution in [1.29, 1.82) is 0 Å². The number of hydrogen-bond acceptors (Lipinski definition) is 3. The molecule has 1 aromatic heterocycles.